The molecule has 0 aliphatic heterocycles. The second-order valence-corrected chi connectivity index (χ2v) is 5.47. The largest absolute Gasteiger partial charge is 0.379 e. The standard InChI is InChI=1S/C15H22N2O2S/c1-12(2)19-10-4-3-9-17-15(18)14-13(6-5-8-16)7-11-20-14/h7,11-12H,3-4,8-10,16H2,1-2H3,(H,17,18). The van der Waals surface area contributed by atoms with Gasteiger partial charge < -0.3 is 15.8 Å². The van der Waals surface area contributed by atoms with Gasteiger partial charge in [-0.3, -0.25) is 4.79 Å². The summed E-state index contributed by atoms with van der Waals surface area (Å²) in [5.41, 5.74) is 6.09. The van der Waals surface area contributed by atoms with E-state index in [4.69, 9.17) is 10.5 Å². The summed E-state index contributed by atoms with van der Waals surface area (Å²) in [6, 6.07) is 1.85. The second-order valence-electron chi connectivity index (χ2n) is 4.55. The number of thiophene rings is 1. The van der Waals surface area contributed by atoms with E-state index in [1.807, 2.05) is 25.3 Å². The molecule has 20 heavy (non-hydrogen) atoms. The smallest absolute Gasteiger partial charge is 0.262 e. The molecule has 0 unspecified atom stereocenters. The average molecular weight is 294 g/mol. The van der Waals surface area contributed by atoms with E-state index in [0.717, 1.165) is 25.0 Å². The number of rotatable bonds is 7. The van der Waals surface area contributed by atoms with Crippen LogP contribution >= 0.6 is 11.3 Å². The minimum Gasteiger partial charge on any atom is -0.379 e. The molecule has 1 rings (SSSR count). The van der Waals surface area contributed by atoms with Gasteiger partial charge in [-0.2, -0.15) is 0 Å². The lowest BCUT2D eigenvalue weighted by Gasteiger charge is -2.07. The van der Waals surface area contributed by atoms with Gasteiger partial charge in [0.2, 0.25) is 0 Å². The molecule has 0 aliphatic rings. The topological polar surface area (TPSA) is 64.3 Å². The Morgan fingerprint density at radius 2 is 2.30 bits per heavy atom. The van der Waals surface area contributed by atoms with Crippen LogP contribution in [0.4, 0.5) is 0 Å². The van der Waals surface area contributed by atoms with Crippen LogP contribution in [0.25, 0.3) is 0 Å². The SMILES string of the molecule is CC(C)OCCCCNC(=O)c1sccc1C#CCN. The maximum absolute atomic E-state index is 12.0. The van der Waals surface area contributed by atoms with Gasteiger partial charge in [0, 0.05) is 18.7 Å². The first-order valence-corrected chi connectivity index (χ1v) is 7.69. The van der Waals surface area contributed by atoms with Crippen molar-refractivity contribution in [3.8, 4) is 11.8 Å². The summed E-state index contributed by atoms with van der Waals surface area (Å²) >= 11 is 1.40. The van der Waals surface area contributed by atoms with Gasteiger partial charge in [-0.1, -0.05) is 11.8 Å². The molecule has 110 valence electrons. The summed E-state index contributed by atoms with van der Waals surface area (Å²) in [4.78, 5) is 12.7. The molecule has 0 radical (unpaired) electrons. The van der Waals surface area contributed by atoms with Gasteiger partial charge in [0.1, 0.15) is 4.88 Å². The Bertz CT molecular complexity index is 472. The second kappa shape index (κ2) is 9.54. The quantitative estimate of drug-likeness (QED) is 0.597. The lowest BCUT2D eigenvalue weighted by molar-refractivity contribution is 0.0754. The van der Waals surface area contributed by atoms with E-state index in [1.54, 1.807) is 0 Å². The van der Waals surface area contributed by atoms with Gasteiger partial charge in [-0.15, -0.1) is 11.3 Å². The van der Waals surface area contributed by atoms with Gasteiger partial charge >= 0.3 is 0 Å². The number of nitrogens with one attached hydrogen (secondary N) is 1. The van der Waals surface area contributed by atoms with E-state index < -0.39 is 0 Å². The summed E-state index contributed by atoms with van der Waals surface area (Å²) in [5, 5.41) is 4.77. The van der Waals surface area contributed by atoms with Crippen molar-refractivity contribution in [3.63, 3.8) is 0 Å². The molecular formula is C15H22N2O2S. The number of ether oxygens (including phenoxy) is 1. The van der Waals surface area contributed by atoms with Crippen LogP contribution in [0.2, 0.25) is 0 Å². The Morgan fingerprint density at radius 1 is 1.50 bits per heavy atom. The average Bonchev–Trinajstić information content (AvgIpc) is 2.88. The molecule has 0 saturated carbocycles. The van der Waals surface area contributed by atoms with Crippen LogP contribution in [-0.2, 0) is 4.74 Å². The number of unbranched alkanes of at least 4 members (excludes halogenated alkanes) is 1. The third-order valence-corrected chi connectivity index (χ3v) is 3.42. The molecule has 0 aromatic carbocycles. The number of amides is 1. The Balaban J connectivity index is 2.31. The van der Waals surface area contributed by atoms with Crippen LogP contribution < -0.4 is 11.1 Å². The van der Waals surface area contributed by atoms with Gasteiger partial charge in [-0.05, 0) is 38.1 Å². The van der Waals surface area contributed by atoms with Crippen molar-refractivity contribution in [2.45, 2.75) is 32.8 Å². The zero-order valence-electron chi connectivity index (χ0n) is 12.1. The highest BCUT2D eigenvalue weighted by Gasteiger charge is 2.10. The Hall–Kier alpha value is -1.35. The number of carbonyl (C=O) groups is 1. The molecule has 1 heterocycles. The molecule has 0 atom stereocenters. The minimum absolute atomic E-state index is 0.0638. The van der Waals surface area contributed by atoms with E-state index in [1.165, 1.54) is 11.3 Å². The Labute approximate surface area is 124 Å². The first-order chi connectivity index (χ1) is 9.65. The molecule has 3 N–H and O–H groups in total. The van der Waals surface area contributed by atoms with Crippen molar-refractivity contribution in [2.75, 3.05) is 19.7 Å². The highest BCUT2D eigenvalue weighted by Crippen LogP contribution is 2.15. The molecule has 0 spiro atoms. The lowest BCUT2D eigenvalue weighted by Crippen LogP contribution is -2.24. The fourth-order valence-corrected chi connectivity index (χ4v) is 2.32. The molecular weight excluding hydrogens is 272 g/mol. The summed E-state index contributed by atoms with van der Waals surface area (Å²) in [5.74, 6) is 5.62. The number of hydrogen-bond acceptors (Lipinski definition) is 4. The Morgan fingerprint density at radius 3 is 3.00 bits per heavy atom. The zero-order chi connectivity index (χ0) is 14.8. The van der Waals surface area contributed by atoms with Crippen LogP contribution in [0.1, 0.15) is 41.9 Å². The number of carbonyl (C=O) groups excluding carboxylic acids is 1. The van der Waals surface area contributed by atoms with E-state index in [2.05, 4.69) is 17.2 Å². The van der Waals surface area contributed by atoms with Crippen LogP contribution in [0, 0.1) is 11.8 Å². The van der Waals surface area contributed by atoms with Gasteiger partial charge in [-0.25, -0.2) is 0 Å². The van der Waals surface area contributed by atoms with E-state index in [-0.39, 0.29) is 12.0 Å². The van der Waals surface area contributed by atoms with Gasteiger partial charge in [0.05, 0.1) is 12.6 Å². The molecule has 1 aromatic heterocycles. The van der Waals surface area contributed by atoms with E-state index in [0.29, 0.717) is 18.0 Å². The highest BCUT2D eigenvalue weighted by atomic mass is 32.1. The van der Waals surface area contributed by atoms with Crippen LogP contribution in [0.15, 0.2) is 11.4 Å². The number of nitrogens with two attached hydrogens (primary N) is 1. The maximum Gasteiger partial charge on any atom is 0.262 e. The molecule has 0 fully saturated rings. The molecule has 1 amide bonds. The monoisotopic (exact) mass is 294 g/mol. The molecule has 1 aromatic rings. The molecule has 0 aliphatic carbocycles. The van der Waals surface area contributed by atoms with Crippen molar-refractivity contribution < 1.29 is 9.53 Å². The first kappa shape index (κ1) is 16.7. The minimum atomic E-state index is -0.0638. The third kappa shape index (κ3) is 6.20. The zero-order valence-corrected chi connectivity index (χ0v) is 12.9. The van der Waals surface area contributed by atoms with Gasteiger partial charge in [0.15, 0.2) is 0 Å². The predicted molar refractivity (Wildman–Crippen MR) is 82.9 cm³/mol. The summed E-state index contributed by atoms with van der Waals surface area (Å²) in [6.07, 6.45) is 2.12. The van der Waals surface area contributed by atoms with Crippen molar-refractivity contribution in [1.82, 2.24) is 5.32 Å². The van der Waals surface area contributed by atoms with E-state index in [9.17, 15) is 4.79 Å². The Kier molecular flexibility index (Phi) is 7.97. The summed E-state index contributed by atoms with van der Waals surface area (Å²) < 4.78 is 5.44. The first-order valence-electron chi connectivity index (χ1n) is 6.81. The third-order valence-electron chi connectivity index (χ3n) is 2.50. The van der Waals surface area contributed by atoms with Crippen LogP contribution in [-0.4, -0.2) is 31.7 Å². The summed E-state index contributed by atoms with van der Waals surface area (Å²) in [6.45, 7) is 5.72. The molecule has 5 heteroatoms. The number of hydrogen-bond donors (Lipinski definition) is 2. The van der Waals surface area contributed by atoms with Crippen LogP contribution in [0.5, 0.6) is 0 Å². The fourth-order valence-electron chi connectivity index (χ4n) is 1.56. The molecule has 0 saturated heterocycles. The molecule has 0 bridgehead atoms. The molecule has 4 nitrogen and oxygen atoms in total. The van der Waals surface area contributed by atoms with Crippen molar-refractivity contribution >= 4 is 17.2 Å². The van der Waals surface area contributed by atoms with Crippen molar-refractivity contribution in [1.29, 1.82) is 0 Å². The fraction of sp³-hybridized carbons (Fsp3) is 0.533. The highest BCUT2D eigenvalue weighted by molar-refractivity contribution is 7.12. The maximum atomic E-state index is 12.0. The predicted octanol–water partition coefficient (Wildman–Crippen LogP) is 1.99. The normalized spacial score (nSPS) is 10.2. The van der Waals surface area contributed by atoms with Crippen LogP contribution in [0.3, 0.4) is 0 Å². The van der Waals surface area contributed by atoms with Crippen molar-refractivity contribution in [3.05, 3.63) is 21.9 Å². The summed E-state index contributed by atoms with van der Waals surface area (Å²) in [7, 11) is 0. The van der Waals surface area contributed by atoms with Gasteiger partial charge in [0.25, 0.3) is 5.91 Å². The lowest BCUT2D eigenvalue weighted by atomic mass is 10.2. The van der Waals surface area contributed by atoms with E-state index >= 15 is 0 Å². The van der Waals surface area contributed by atoms with Crippen molar-refractivity contribution in [2.24, 2.45) is 5.73 Å².